The van der Waals surface area contributed by atoms with Gasteiger partial charge in [0.25, 0.3) is 10.0 Å². The topological polar surface area (TPSA) is 96.0 Å². The Bertz CT molecular complexity index is 1510. The van der Waals surface area contributed by atoms with E-state index in [0.717, 1.165) is 47.9 Å². The smallest absolute Gasteiger partial charge is 0.264 e. The molecule has 0 heterocycles. The molecule has 224 valence electrons. The number of methoxy groups -OCH3 is 1. The van der Waals surface area contributed by atoms with Crippen molar-refractivity contribution < 1.29 is 22.7 Å². The lowest BCUT2D eigenvalue weighted by Gasteiger charge is -2.33. The SMILES string of the molecule is COc1cccc(CN(C(=O)CN(c2cc(C)ccc2C)S(=O)(=O)c2ccc(C)cc2)C(C)C(=O)NC2CCCC2)c1. The molecule has 1 aliphatic rings. The van der Waals surface area contributed by atoms with Gasteiger partial charge in [-0.25, -0.2) is 8.42 Å². The predicted molar refractivity (Wildman–Crippen MR) is 165 cm³/mol. The fourth-order valence-corrected chi connectivity index (χ4v) is 6.75. The molecule has 2 amide bonds. The molecule has 4 rings (SSSR count). The molecule has 42 heavy (non-hydrogen) atoms. The third kappa shape index (κ3) is 7.31. The number of nitrogens with one attached hydrogen (secondary N) is 1. The lowest BCUT2D eigenvalue weighted by atomic mass is 10.1. The van der Waals surface area contributed by atoms with E-state index in [0.29, 0.717) is 11.4 Å². The van der Waals surface area contributed by atoms with Crippen LogP contribution >= 0.6 is 0 Å². The Labute approximate surface area is 249 Å². The van der Waals surface area contributed by atoms with Crippen molar-refractivity contribution >= 4 is 27.5 Å². The zero-order valence-corrected chi connectivity index (χ0v) is 25.9. The van der Waals surface area contributed by atoms with Gasteiger partial charge in [0, 0.05) is 12.6 Å². The summed E-state index contributed by atoms with van der Waals surface area (Å²) in [4.78, 5) is 29.2. The highest BCUT2D eigenvalue weighted by molar-refractivity contribution is 7.92. The van der Waals surface area contributed by atoms with Crippen LogP contribution in [0.2, 0.25) is 0 Å². The number of nitrogens with zero attached hydrogens (tertiary/aromatic N) is 2. The van der Waals surface area contributed by atoms with Gasteiger partial charge in [0.2, 0.25) is 11.8 Å². The second-order valence-corrected chi connectivity index (χ2v) is 13.0. The molecule has 8 nitrogen and oxygen atoms in total. The number of sulfonamides is 1. The minimum absolute atomic E-state index is 0.0853. The highest BCUT2D eigenvalue weighted by atomic mass is 32.2. The molecule has 9 heteroatoms. The Morgan fingerprint density at radius 1 is 0.952 bits per heavy atom. The molecule has 0 bridgehead atoms. The maximum absolute atomic E-state index is 14.2. The van der Waals surface area contributed by atoms with Gasteiger partial charge >= 0.3 is 0 Å². The van der Waals surface area contributed by atoms with E-state index >= 15 is 0 Å². The lowest BCUT2D eigenvalue weighted by Crippen LogP contribution is -2.52. The fraction of sp³-hybridized carbons (Fsp3) is 0.394. The number of carbonyl (C=O) groups excluding carboxylic acids is 2. The second kappa shape index (κ2) is 13.4. The van der Waals surface area contributed by atoms with Gasteiger partial charge in [0.1, 0.15) is 18.3 Å². The third-order valence-electron chi connectivity index (χ3n) is 7.88. The van der Waals surface area contributed by atoms with Crippen molar-refractivity contribution in [3.63, 3.8) is 0 Å². The summed E-state index contributed by atoms with van der Waals surface area (Å²) < 4.78 is 34.7. The standard InChI is InChI=1S/C33H41N3O5S/c1-23-14-17-30(18-15-23)42(39,40)36(31-19-24(2)13-16-25(31)3)22-32(37)35(21-27-9-8-12-29(20-27)41-5)26(4)33(38)34-28-10-6-7-11-28/h8-9,12-20,26,28H,6-7,10-11,21-22H2,1-5H3,(H,34,38). The number of hydrogen-bond acceptors (Lipinski definition) is 5. The summed E-state index contributed by atoms with van der Waals surface area (Å²) in [7, 11) is -2.55. The first-order valence-corrected chi connectivity index (χ1v) is 15.8. The summed E-state index contributed by atoms with van der Waals surface area (Å²) in [6.07, 6.45) is 3.95. The average Bonchev–Trinajstić information content (AvgIpc) is 3.49. The summed E-state index contributed by atoms with van der Waals surface area (Å²) in [5.74, 6) is -0.108. The second-order valence-electron chi connectivity index (χ2n) is 11.2. The van der Waals surface area contributed by atoms with Crippen molar-refractivity contribution in [2.24, 2.45) is 0 Å². The summed E-state index contributed by atoms with van der Waals surface area (Å²) in [6, 6.07) is 18.7. The Kier molecular flexibility index (Phi) is 9.93. The molecule has 0 saturated heterocycles. The van der Waals surface area contributed by atoms with E-state index in [2.05, 4.69) is 5.32 Å². The number of ether oxygens (including phenoxy) is 1. The Morgan fingerprint density at radius 2 is 1.62 bits per heavy atom. The maximum Gasteiger partial charge on any atom is 0.264 e. The minimum Gasteiger partial charge on any atom is -0.497 e. The molecule has 3 aromatic rings. The van der Waals surface area contributed by atoms with Crippen LogP contribution in [-0.2, 0) is 26.2 Å². The van der Waals surface area contributed by atoms with Gasteiger partial charge in [0.05, 0.1) is 17.7 Å². The van der Waals surface area contributed by atoms with Gasteiger partial charge in [-0.05, 0) is 87.6 Å². The number of amides is 2. The van der Waals surface area contributed by atoms with Crippen molar-refractivity contribution in [2.75, 3.05) is 18.0 Å². The number of hydrogen-bond donors (Lipinski definition) is 1. The molecule has 1 aliphatic carbocycles. The van der Waals surface area contributed by atoms with Gasteiger partial charge in [-0.3, -0.25) is 13.9 Å². The number of aryl methyl sites for hydroxylation is 3. The van der Waals surface area contributed by atoms with Gasteiger partial charge in [-0.1, -0.05) is 54.8 Å². The highest BCUT2D eigenvalue weighted by Crippen LogP contribution is 2.29. The number of carbonyl (C=O) groups is 2. The zero-order chi connectivity index (χ0) is 30.4. The summed E-state index contributed by atoms with van der Waals surface area (Å²) >= 11 is 0. The quantitative estimate of drug-likeness (QED) is 0.327. The lowest BCUT2D eigenvalue weighted by molar-refractivity contribution is -0.139. The van der Waals surface area contributed by atoms with E-state index < -0.39 is 28.5 Å². The van der Waals surface area contributed by atoms with Crippen molar-refractivity contribution in [2.45, 2.75) is 76.9 Å². The van der Waals surface area contributed by atoms with Gasteiger partial charge in [-0.2, -0.15) is 0 Å². The fourth-order valence-electron chi connectivity index (χ4n) is 5.28. The van der Waals surface area contributed by atoms with Crippen LogP contribution in [0.1, 0.15) is 54.9 Å². The molecule has 0 spiro atoms. The Hall–Kier alpha value is -3.85. The van der Waals surface area contributed by atoms with Crippen LogP contribution < -0.4 is 14.4 Å². The average molecular weight is 592 g/mol. The van der Waals surface area contributed by atoms with Crippen LogP contribution in [-0.4, -0.2) is 50.9 Å². The first-order valence-electron chi connectivity index (χ1n) is 14.4. The van der Waals surface area contributed by atoms with Crippen LogP contribution in [0.25, 0.3) is 0 Å². The van der Waals surface area contributed by atoms with Crippen LogP contribution in [0.15, 0.2) is 71.6 Å². The molecule has 1 atom stereocenters. The number of benzene rings is 3. The van der Waals surface area contributed by atoms with E-state index in [1.165, 1.54) is 9.21 Å². The van der Waals surface area contributed by atoms with E-state index in [-0.39, 0.29) is 23.4 Å². The largest absolute Gasteiger partial charge is 0.497 e. The summed E-state index contributed by atoms with van der Waals surface area (Å²) in [5, 5.41) is 3.10. The highest BCUT2D eigenvalue weighted by Gasteiger charge is 2.34. The normalized spacial score (nSPS) is 14.3. The Balaban J connectivity index is 1.72. The van der Waals surface area contributed by atoms with Gasteiger partial charge < -0.3 is 15.0 Å². The zero-order valence-electron chi connectivity index (χ0n) is 25.1. The molecule has 0 aliphatic heterocycles. The predicted octanol–water partition coefficient (Wildman–Crippen LogP) is 5.29. The van der Waals surface area contributed by atoms with E-state index in [1.54, 1.807) is 44.4 Å². The molecule has 0 radical (unpaired) electrons. The van der Waals surface area contributed by atoms with Crippen LogP contribution in [0.3, 0.4) is 0 Å². The Morgan fingerprint density at radius 3 is 2.29 bits per heavy atom. The van der Waals surface area contributed by atoms with Crippen molar-refractivity contribution in [3.05, 3.63) is 89.0 Å². The first-order chi connectivity index (χ1) is 20.0. The number of rotatable bonds is 11. The molecule has 0 aromatic heterocycles. The first kappa shape index (κ1) is 31.1. The van der Waals surface area contributed by atoms with Crippen LogP contribution in [0.5, 0.6) is 5.75 Å². The van der Waals surface area contributed by atoms with E-state index in [1.807, 2.05) is 57.2 Å². The van der Waals surface area contributed by atoms with Crippen LogP contribution in [0.4, 0.5) is 5.69 Å². The molecule has 1 N–H and O–H groups in total. The summed E-state index contributed by atoms with van der Waals surface area (Å²) in [6.45, 7) is 6.93. The molecule has 1 saturated carbocycles. The maximum atomic E-state index is 14.2. The summed E-state index contributed by atoms with van der Waals surface area (Å²) in [5.41, 5.74) is 3.70. The molecule has 1 fully saturated rings. The molecular weight excluding hydrogens is 550 g/mol. The van der Waals surface area contributed by atoms with Gasteiger partial charge in [-0.15, -0.1) is 0 Å². The van der Waals surface area contributed by atoms with Crippen molar-refractivity contribution in [1.82, 2.24) is 10.2 Å². The third-order valence-corrected chi connectivity index (χ3v) is 9.65. The molecule has 1 unspecified atom stereocenters. The van der Waals surface area contributed by atoms with Crippen molar-refractivity contribution in [1.29, 1.82) is 0 Å². The van der Waals surface area contributed by atoms with E-state index in [4.69, 9.17) is 4.74 Å². The number of anilines is 1. The van der Waals surface area contributed by atoms with Gasteiger partial charge in [0.15, 0.2) is 0 Å². The molecular formula is C33H41N3O5S. The van der Waals surface area contributed by atoms with E-state index in [9.17, 15) is 18.0 Å². The monoisotopic (exact) mass is 591 g/mol. The molecule has 3 aromatic carbocycles. The van der Waals surface area contributed by atoms with Crippen LogP contribution in [0, 0.1) is 20.8 Å². The van der Waals surface area contributed by atoms with Crippen molar-refractivity contribution in [3.8, 4) is 5.75 Å². The minimum atomic E-state index is -4.12.